The summed E-state index contributed by atoms with van der Waals surface area (Å²) in [7, 11) is 0. The monoisotopic (exact) mass is 342 g/mol. The molecular weight excluding hydrogens is 312 g/mol. The lowest BCUT2D eigenvalue weighted by Crippen LogP contribution is -2.22. The number of esters is 1. The zero-order valence-corrected chi connectivity index (χ0v) is 15.6. The summed E-state index contributed by atoms with van der Waals surface area (Å²) in [5, 5.41) is 0. The molecule has 0 spiro atoms. The Morgan fingerprint density at radius 1 is 1.12 bits per heavy atom. The van der Waals surface area contributed by atoms with Gasteiger partial charge in [-0.1, -0.05) is 69.9 Å². The fraction of sp³-hybridized carbons (Fsp3) is 0.524. The van der Waals surface area contributed by atoms with E-state index >= 15 is 0 Å². The van der Waals surface area contributed by atoms with E-state index in [1.165, 1.54) is 0 Å². The van der Waals surface area contributed by atoms with Crippen LogP contribution in [0, 0.1) is 0 Å². The minimum Gasteiger partial charge on any atom is -0.458 e. The van der Waals surface area contributed by atoms with Crippen LogP contribution in [-0.4, -0.2) is 21.6 Å². The van der Waals surface area contributed by atoms with Gasteiger partial charge < -0.3 is 9.30 Å². The molecule has 0 amide bonds. The van der Waals surface area contributed by atoms with Crippen molar-refractivity contribution in [1.82, 2.24) is 9.55 Å². The minimum atomic E-state index is -0.266. The number of hydrogen-bond donors (Lipinski definition) is 0. The van der Waals surface area contributed by atoms with Gasteiger partial charge in [-0.25, -0.2) is 9.78 Å². The third kappa shape index (κ3) is 5.45. The number of carbonyl (C=O) groups is 1. The number of nitrogens with zero attached hydrogens (tertiary/aromatic N) is 2. The molecule has 4 nitrogen and oxygen atoms in total. The summed E-state index contributed by atoms with van der Waals surface area (Å²) in [6.07, 6.45) is 9.59. The average molecular weight is 342 g/mol. The first-order chi connectivity index (χ1) is 12.2. The van der Waals surface area contributed by atoms with Crippen LogP contribution in [0.25, 0.3) is 0 Å². The SMILES string of the molecule is CCCCC(CCCC)OC(=O)c1cncn1[C@H](C)c1ccccc1. The molecule has 0 aliphatic heterocycles. The number of benzene rings is 1. The summed E-state index contributed by atoms with van der Waals surface area (Å²) in [6.45, 7) is 6.39. The first-order valence-corrected chi connectivity index (χ1v) is 9.45. The molecule has 0 aliphatic carbocycles. The van der Waals surface area contributed by atoms with Crippen molar-refractivity contribution in [1.29, 1.82) is 0 Å². The Labute approximate surface area is 151 Å². The summed E-state index contributed by atoms with van der Waals surface area (Å²) in [5.74, 6) is -0.266. The summed E-state index contributed by atoms with van der Waals surface area (Å²) >= 11 is 0. The largest absolute Gasteiger partial charge is 0.458 e. The molecule has 1 aromatic heterocycles. The molecule has 1 heterocycles. The molecule has 4 heteroatoms. The number of carbonyl (C=O) groups excluding carboxylic acids is 1. The lowest BCUT2D eigenvalue weighted by molar-refractivity contribution is 0.0238. The number of aromatic nitrogens is 2. The van der Waals surface area contributed by atoms with Gasteiger partial charge in [0, 0.05) is 0 Å². The summed E-state index contributed by atoms with van der Waals surface area (Å²) in [6, 6.07) is 10.2. The van der Waals surface area contributed by atoms with Crippen LogP contribution in [0.2, 0.25) is 0 Å². The second-order valence-corrected chi connectivity index (χ2v) is 6.58. The van der Waals surface area contributed by atoms with Crippen molar-refractivity contribution in [3.05, 3.63) is 54.1 Å². The van der Waals surface area contributed by atoms with E-state index in [9.17, 15) is 4.79 Å². The van der Waals surface area contributed by atoms with E-state index < -0.39 is 0 Å². The highest BCUT2D eigenvalue weighted by molar-refractivity contribution is 5.87. The molecule has 0 saturated carbocycles. The van der Waals surface area contributed by atoms with Crippen LogP contribution < -0.4 is 0 Å². The van der Waals surface area contributed by atoms with Crippen molar-refractivity contribution in [3.63, 3.8) is 0 Å². The highest BCUT2D eigenvalue weighted by atomic mass is 16.5. The molecular formula is C21H30N2O2. The summed E-state index contributed by atoms with van der Waals surface area (Å²) in [5.41, 5.74) is 1.66. The molecule has 0 aliphatic rings. The van der Waals surface area contributed by atoms with Crippen LogP contribution in [0.15, 0.2) is 42.9 Å². The van der Waals surface area contributed by atoms with Crippen molar-refractivity contribution < 1.29 is 9.53 Å². The third-order valence-electron chi connectivity index (χ3n) is 4.61. The Balaban J connectivity index is 2.10. The molecule has 0 radical (unpaired) electrons. The van der Waals surface area contributed by atoms with Crippen molar-refractivity contribution in [2.24, 2.45) is 0 Å². The molecule has 0 fully saturated rings. The number of ether oxygens (including phenoxy) is 1. The number of unbranched alkanes of at least 4 members (excludes halogenated alkanes) is 2. The average Bonchev–Trinajstić information content (AvgIpc) is 3.13. The predicted octanol–water partition coefficient (Wildman–Crippen LogP) is 5.40. The van der Waals surface area contributed by atoms with Gasteiger partial charge >= 0.3 is 5.97 Å². The zero-order valence-electron chi connectivity index (χ0n) is 15.6. The van der Waals surface area contributed by atoms with E-state index in [4.69, 9.17) is 4.74 Å². The van der Waals surface area contributed by atoms with Crippen LogP contribution in [0.3, 0.4) is 0 Å². The fourth-order valence-corrected chi connectivity index (χ4v) is 3.00. The van der Waals surface area contributed by atoms with E-state index in [0.717, 1.165) is 44.1 Å². The van der Waals surface area contributed by atoms with Gasteiger partial charge in [0.25, 0.3) is 0 Å². The maximum absolute atomic E-state index is 12.7. The quantitative estimate of drug-likeness (QED) is 0.543. The summed E-state index contributed by atoms with van der Waals surface area (Å²) in [4.78, 5) is 16.9. The second kappa shape index (κ2) is 10.0. The minimum absolute atomic E-state index is 0.00258. The van der Waals surface area contributed by atoms with Gasteiger partial charge in [0.2, 0.25) is 0 Å². The molecule has 25 heavy (non-hydrogen) atoms. The highest BCUT2D eigenvalue weighted by Gasteiger charge is 2.21. The normalized spacial score (nSPS) is 12.3. The van der Waals surface area contributed by atoms with E-state index in [1.54, 1.807) is 12.5 Å². The van der Waals surface area contributed by atoms with E-state index in [-0.39, 0.29) is 18.1 Å². The van der Waals surface area contributed by atoms with Gasteiger partial charge in [0.15, 0.2) is 0 Å². The Morgan fingerprint density at radius 3 is 2.36 bits per heavy atom. The molecule has 1 atom stereocenters. The van der Waals surface area contributed by atoms with Crippen LogP contribution in [0.5, 0.6) is 0 Å². The fourth-order valence-electron chi connectivity index (χ4n) is 3.00. The first kappa shape index (κ1) is 19.2. The van der Waals surface area contributed by atoms with Crippen molar-refractivity contribution in [2.75, 3.05) is 0 Å². The van der Waals surface area contributed by atoms with Crippen molar-refractivity contribution in [2.45, 2.75) is 71.4 Å². The van der Waals surface area contributed by atoms with Gasteiger partial charge in [-0.2, -0.15) is 0 Å². The number of imidazole rings is 1. The molecule has 0 saturated heterocycles. The maximum atomic E-state index is 12.7. The van der Waals surface area contributed by atoms with Gasteiger partial charge in [-0.05, 0) is 25.3 Å². The van der Waals surface area contributed by atoms with Crippen LogP contribution in [-0.2, 0) is 4.74 Å². The first-order valence-electron chi connectivity index (χ1n) is 9.45. The van der Waals surface area contributed by atoms with Gasteiger partial charge in [0.05, 0.1) is 18.6 Å². The number of rotatable bonds is 10. The second-order valence-electron chi connectivity index (χ2n) is 6.58. The molecule has 1 aromatic carbocycles. The maximum Gasteiger partial charge on any atom is 0.356 e. The third-order valence-corrected chi connectivity index (χ3v) is 4.61. The molecule has 0 bridgehead atoms. The van der Waals surface area contributed by atoms with Crippen molar-refractivity contribution >= 4 is 5.97 Å². The molecule has 2 aromatic rings. The molecule has 136 valence electrons. The zero-order chi connectivity index (χ0) is 18.1. The lowest BCUT2D eigenvalue weighted by Gasteiger charge is -2.20. The molecule has 2 rings (SSSR count). The van der Waals surface area contributed by atoms with Crippen LogP contribution in [0.1, 0.15) is 81.4 Å². The van der Waals surface area contributed by atoms with Crippen molar-refractivity contribution in [3.8, 4) is 0 Å². The molecule has 0 unspecified atom stereocenters. The standard InChI is InChI=1S/C21H30N2O2/c1-4-6-13-19(14-7-5-2)25-21(24)20-15-22-16-23(20)17(3)18-11-9-8-10-12-18/h8-12,15-17,19H,4-7,13-14H2,1-3H3/t17-/m1/s1. The smallest absolute Gasteiger partial charge is 0.356 e. The lowest BCUT2D eigenvalue weighted by atomic mass is 10.1. The van der Waals surface area contributed by atoms with Crippen LogP contribution in [0.4, 0.5) is 0 Å². The van der Waals surface area contributed by atoms with Gasteiger partial charge in [0.1, 0.15) is 11.8 Å². The Bertz CT molecular complexity index is 628. The Hall–Kier alpha value is -2.10. The van der Waals surface area contributed by atoms with E-state index in [0.29, 0.717) is 5.69 Å². The topological polar surface area (TPSA) is 44.1 Å². The number of hydrogen-bond acceptors (Lipinski definition) is 3. The van der Waals surface area contributed by atoms with E-state index in [2.05, 4.69) is 37.9 Å². The Kier molecular flexibility index (Phi) is 7.71. The van der Waals surface area contributed by atoms with Gasteiger partial charge in [-0.15, -0.1) is 0 Å². The molecule has 0 N–H and O–H groups in total. The predicted molar refractivity (Wildman–Crippen MR) is 101 cm³/mol. The summed E-state index contributed by atoms with van der Waals surface area (Å²) < 4.78 is 7.72. The Morgan fingerprint density at radius 2 is 1.76 bits per heavy atom. The van der Waals surface area contributed by atoms with Crippen LogP contribution >= 0.6 is 0 Å². The van der Waals surface area contributed by atoms with E-state index in [1.807, 2.05) is 22.8 Å². The highest BCUT2D eigenvalue weighted by Crippen LogP contribution is 2.21. The van der Waals surface area contributed by atoms with Gasteiger partial charge in [-0.3, -0.25) is 0 Å².